The SMILES string of the molecule is O=C(OCc1nc(-c2cccnc2)no1)c1ncoc1-c1ccco1. The van der Waals surface area contributed by atoms with Gasteiger partial charge in [0.2, 0.25) is 11.6 Å². The molecule has 4 aromatic rings. The lowest BCUT2D eigenvalue weighted by Crippen LogP contribution is -2.07. The minimum Gasteiger partial charge on any atom is -0.461 e. The molecule has 0 spiro atoms. The lowest BCUT2D eigenvalue weighted by Gasteiger charge is -1.99. The Morgan fingerprint density at radius 3 is 2.96 bits per heavy atom. The second-order valence-electron chi connectivity index (χ2n) is 4.84. The van der Waals surface area contributed by atoms with Gasteiger partial charge in [-0.3, -0.25) is 4.98 Å². The van der Waals surface area contributed by atoms with Crippen molar-refractivity contribution in [2.24, 2.45) is 0 Å². The minimum atomic E-state index is -0.693. The monoisotopic (exact) mass is 338 g/mol. The van der Waals surface area contributed by atoms with E-state index in [0.717, 1.165) is 6.39 Å². The molecule has 4 rings (SSSR count). The summed E-state index contributed by atoms with van der Waals surface area (Å²) in [5.41, 5.74) is 0.697. The van der Waals surface area contributed by atoms with Gasteiger partial charge in [-0.05, 0) is 24.3 Å². The van der Waals surface area contributed by atoms with Crippen LogP contribution < -0.4 is 0 Å². The van der Waals surface area contributed by atoms with Gasteiger partial charge in [0.05, 0.1) is 6.26 Å². The van der Waals surface area contributed by atoms with Crippen LogP contribution in [0.25, 0.3) is 22.9 Å². The normalized spacial score (nSPS) is 10.7. The molecule has 25 heavy (non-hydrogen) atoms. The number of carbonyl (C=O) groups excluding carboxylic acids is 1. The van der Waals surface area contributed by atoms with Gasteiger partial charge < -0.3 is 18.1 Å². The molecule has 9 heteroatoms. The maximum Gasteiger partial charge on any atom is 0.361 e. The van der Waals surface area contributed by atoms with Crippen LogP contribution in [0.3, 0.4) is 0 Å². The highest BCUT2D eigenvalue weighted by Crippen LogP contribution is 2.24. The molecule has 4 heterocycles. The van der Waals surface area contributed by atoms with Gasteiger partial charge in [0.1, 0.15) is 0 Å². The first kappa shape index (κ1) is 14.8. The number of esters is 1. The van der Waals surface area contributed by atoms with E-state index in [-0.39, 0.29) is 24.0 Å². The van der Waals surface area contributed by atoms with Gasteiger partial charge in [-0.1, -0.05) is 5.16 Å². The van der Waals surface area contributed by atoms with E-state index < -0.39 is 5.97 Å². The quantitative estimate of drug-likeness (QED) is 0.506. The lowest BCUT2D eigenvalue weighted by molar-refractivity contribution is 0.0424. The fourth-order valence-electron chi connectivity index (χ4n) is 2.10. The van der Waals surface area contributed by atoms with E-state index in [1.54, 1.807) is 36.7 Å². The summed E-state index contributed by atoms with van der Waals surface area (Å²) in [6.45, 7) is -0.198. The Labute approximate surface area is 140 Å². The molecule has 0 saturated heterocycles. The highest BCUT2D eigenvalue weighted by Gasteiger charge is 2.22. The van der Waals surface area contributed by atoms with E-state index in [4.69, 9.17) is 18.1 Å². The van der Waals surface area contributed by atoms with Crippen molar-refractivity contribution in [1.82, 2.24) is 20.1 Å². The van der Waals surface area contributed by atoms with Crippen molar-refractivity contribution >= 4 is 5.97 Å². The van der Waals surface area contributed by atoms with Crippen LogP contribution in [0.2, 0.25) is 0 Å². The molecule has 0 saturated carbocycles. The van der Waals surface area contributed by atoms with Crippen LogP contribution in [0.4, 0.5) is 0 Å². The molecule has 0 aliphatic heterocycles. The molecule has 0 atom stereocenters. The van der Waals surface area contributed by atoms with Gasteiger partial charge in [0, 0.05) is 18.0 Å². The molecule has 0 aliphatic rings. The molecule has 9 nitrogen and oxygen atoms in total. The molecular weight excluding hydrogens is 328 g/mol. The molecule has 124 valence electrons. The minimum absolute atomic E-state index is 0.00180. The first-order chi connectivity index (χ1) is 12.3. The van der Waals surface area contributed by atoms with Crippen LogP contribution in [-0.4, -0.2) is 26.1 Å². The van der Waals surface area contributed by atoms with Crippen LogP contribution in [0, 0.1) is 0 Å². The average molecular weight is 338 g/mol. The molecule has 0 aromatic carbocycles. The fraction of sp³-hybridized carbons (Fsp3) is 0.0625. The average Bonchev–Trinajstić information content (AvgIpc) is 3.41. The fourth-order valence-corrected chi connectivity index (χ4v) is 2.10. The van der Waals surface area contributed by atoms with E-state index in [2.05, 4.69) is 20.1 Å². The molecule has 0 fully saturated rings. The number of oxazole rings is 1. The Hall–Kier alpha value is -3.75. The number of carbonyl (C=O) groups is 1. The van der Waals surface area contributed by atoms with E-state index in [1.807, 2.05) is 0 Å². The number of aromatic nitrogens is 4. The Bertz CT molecular complexity index is 975. The summed E-state index contributed by atoms with van der Waals surface area (Å²) < 4.78 is 20.6. The number of hydrogen-bond donors (Lipinski definition) is 0. The van der Waals surface area contributed by atoms with Crippen molar-refractivity contribution in [1.29, 1.82) is 0 Å². The van der Waals surface area contributed by atoms with Crippen LogP contribution in [-0.2, 0) is 11.3 Å². The van der Waals surface area contributed by atoms with Gasteiger partial charge >= 0.3 is 5.97 Å². The van der Waals surface area contributed by atoms with Crippen molar-refractivity contribution in [2.45, 2.75) is 6.61 Å². The largest absolute Gasteiger partial charge is 0.461 e. The predicted molar refractivity (Wildman–Crippen MR) is 80.9 cm³/mol. The number of rotatable bonds is 5. The highest BCUT2D eigenvalue weighted by molar-refractivity contribution is 5.92. The van der Waals surface area contributed by atoms with Crippen molar-refractivity contribution in [3.05, 3.63) is 60.9 Å². The van der Waals surface area contributed by atoms with Gasteiger partial charge in [-0.2, -0.15) is 4.98 Å². The van der Waals surface area contributed by atoms with Gasteiger partial charge in [-0.15, -0.1) is 0 Å². The highest BCUT2D eigenvalue weighted by atomic mass is 16.6. The van der Waals surface area contributed by atoms with E-state index >= 15 is 0 Å². The first-order valence-electron chi connectivity index (χ1n) is 7.19. The molecule has 0 unspecified atom stereocenters. The number of hydrogen-bond acceptors (Lipinski definition) is 9. The Morgan fingerprint density at radius 2 is 2.16 bits per heavy atom. The van der Waals surface area contributed by atoms with Crippen molar-refractivity contribution in [3.8, 4) is 22.9 Å². The zero-order valence-electron chi connectivity index (χ0n) is 12.7. The topological polar surface area (TPSA) is 117 Å². The number of nitrogens with zero attached hydrogens (tertiary/aromatic N) is 4. The standard InChI is InChI=1S/C16H10N4O5/c21-16(13-14(24-9-18-13)11-4-2-6-22-11)23-8-12-19-15(20-25-12)10-3-1-5-17-7-10/h1-7,9H,8H2. The third kappa shape index (κ3) is 3.02. The molecule has 0 aliphatic carbocycles. The van der Waals surface area contributed by atoms with Gasteiger partial charge in [-0.25, -0.2) is 9.78 Å². The summed E-state index contributed by atoms with van der Waals surface area (Å²) in [5, 5.41) is 3.82. The van der Waals surface area contributed by atoms with Crippen molar-refractivity contribution in [2.75, 3.05) is 0 Å². The Kier molecular flexibility index (Phi) is 3.79. The van der Waals surface area contributed by atoms with E-state index in [9.17, 15) is 4.79 Å². The summed E-state index contributed by atoms with van der Waals surface area (Å²) in [6.07, 6.45) is 5.85. The van der Waals surface area contributed by atoms with E-state index in [1.165, 1.54) is 6.26 Å². The Balaban J connectivity index is 1.45. The molecule has 0 radical (unpaired) electrons. The molecule has 0 N–H and O–H groups in total. The lowest BCUT2D eigenvalue weighted by atomic mass is 10.3. The second kappa shape index (κ2) is 6.40. The number of pyridine rings is 1. The number of ether oxygens (including phenoxy) is 1. The van der Waals surface area contributed by atoms with Crippen LogP contribution >= 0.6 is 0 Å². The molecular formula is C16H10N4O5. The summed E-state index contributed by atoms with van der Waals surface area (Å²) in [7, 11) is 0. The second-order valence-corrected chi connectivity index (χ2v) is 4.84. The van der Waals surface area contributed by atoms with Crippen LogP contribution in [0.15, 0.2) is 62.7 Å². The third-order valence-electron chi connectivity index (χ3n) is 3.22. The zero-order valence-corrected chi connectivity index (χ0v) is 12.7. The van der Waals surface area contributed by atoms with Crippen LogP contribution in [0.1, 0.15) is 16.4 Å². The predicted octanol–water partition coefficient (Wildman–Crippen LogP) is 2.74. The summed E-state index contributed by atoms with van der Waals surface area (Å²) in [4.78, 5) is 24.2. The smallest absolute Gasteiger partial charge is 0.361 e. The first-order valence-corrected chi connectivity index (χ1v) is 7.19. The molecule has 4 aromatic heterocycles. The van der Waals surface area contributed by atoms with Gasteiger partial charge in [0.15, 0.2) is 24.5 Å². The summed E-state index contributed by atoms with van der Waals surface area (Å²) in [5.74, 6) is 0.381. The van der Waals surface area contributed by atoms with Crippen LogP contribution in [0.5, 0.6) is 0 Å². The zero-order chi connectivity index (χ0) is 17.1. The van der Waals surface area contributed by atoms with Crippen molar-refractivity contribution in [3.63, 3.8) is 0 Å². The summed E-state index contributed by atoms with van der Waals surface area (Å²) in [6, 6.07) is 6.87. The maximum atomic E-state index is 12.2. The van der Waals surface area contributed by atoms with E-state index in [0.29, 0.717) is 17.1 Å². The van der Waals surface area contributed by atoms with Crippen molar-refractivity contribution < 1.29 is 22.9 Å². The Morgan fingerprint density at radius 1 is 1.20 bits per heavy atom. The number of furan rings is 1. The molecule has 0 bridgehead atoms. The van der Waals surface area contributed by atoms with Gasteiger partial charge in [0.25, 0.3) is 5.89 Å². The third-order valence-corrected chi connectivity index (χ3v) is 3.22. The maximum absolute atomic E-state index is 12.2. The summed E-state index contributed by atoms with van der Waals surface area (Å²) >= 11 is 0. The molecule has 0 amide bonds.